The van der Waals surface area contributed by atoms with Crippen LogP contribution in [0.25, 0.3) is 0 Å². The van der Waals surface area contributed by atoms with Crippen LogP contribution in [0.3, 0.4) is 0 Å². The molecule has 2 aromatic carbocycles. The van der Waals surface area contributed by atoms with Crippen molar-refractivity contribution in [2.24, 2.45) is 0 Å². The number of pyridine rings is 1. The summed E-state index contributed by atoms with van der Waals surface area (Å²) in [5, 5.41) is 2.66. The molecule has 1 atom stereocenters. The molecule has 0 radical (unpaired) electrons. The molecule has 0 bridgehead atoms. The van der Waals surface area contributed by atoms with E-state index in [0.29, 0.717) is 24.0 Å². The minimum atomic E-state index is -0.445. The summed E-state index contributed by atoms with van der Waals surface area (Å²) in [5.41, 5.74) is 2.24. The monoisotopic (exact) mass is 434 g/mol. The maximum Gasteiger partial charge on any atom is 0.255 e. The number of nitrogens with zero attached hydrogens (tertiary/aromatic N) is 3. The van der Waals surface area contributed by atoms with Crippen molar-refractivity contribution in [1.29, 1.82) is 0 Å². The number of rotatable bonds is 7. The van der Waals surface area contributed by atoms with Gasteiger partial charge in [0, 0.05) is 36.6 Å². The van der Waals surface area contributed by atoms with Gasteiger partial charge in [-0.25, -0.2) is 4.39 Å². The molecule has 1 N–H and O–H groups in total. The molecule has 4 rings (SSSR count). The SMILES string of the molecule is CN(C)C1CCN(c2ccc(NC(=O)c3ccc(OCc4ccccn4)cc3)c(F)c2)C1. The molecule has 32 heavy (non-hydrogen) atoms. The Morgan fingerprint density at radius 3 is 2.66 bits per heavy atom. The van der Waals surface area contributed by atoms with Crippen LogP contribution in [0.4, 0.5) is 15.8 Å². The zero-order valence-electron chi connectivity index (χ0n) is 18.3. The average molecular weight is 435 g/mol. The Bertz CT molecular complexity index is 1060. The summed E-state index contributed by atoms with van der Waals surface area (Å²) in [6.45, 7) is 2.10. The Morgan fingerprint density at radius 2 is 2.00 bits per heavy atom. The molecular weight excluding hydrogens is 407 g/mol. The van der Waals surface area contributed by atoms with Gasteiger partial charge in [0.1, 0.15) is 18.2 Å². The van der Waals surface area contributed by atoms with E-state index in [9.17, 15) is 9.18 Å². The van der Waals surface area contributed by atoms with Crippen LogP contribution in [0, 0.1) is 5.82 Å². The van der Waals surface area contributed by atoms with Gasteiger partial charge in [-0.05, 0) is 75.1 Å². The van der Waals surface area contributed by atoms with Gasteiger partial charge in [-0.2, -0.15) is 0 Å². The summed E-state index contributed by atoms with van der Waals surface area (Å²) in [4.78, 5) is 21.1. The number of nitrogens with one attached hydrogen (secondary N) is 1. The lowest BCUT2D eigenvalue weighted by Gasteiger charge is -2.22. The second kappa shape index (κ2) is 9.78. The number of carbonyl (C=O) groups is 1. The molecule has 1 fully saturated rings. The second-order valence-corrected chi connectivity index (χ2v) is 8.10. The normalized spacial score (nSPS) is 15.8. The lowest BCUT2D eigenvalue weighted by molar-refractivity contribution is 0.102. The highest BCUT2D eigenvalue weighted by Crippen LogP contribution is 2.26. The number of aromatic nitrogens is 1. The number of amides is 1. The highest BCUT2D eigenvalue weighted by Gasteiger charge is 2.24. The van der Waals surface area contributed by atoms with Crippen LogP contribution in [-0.2, 0) is 6.61 Å². The van der Waals surface area contributed by atoms with Crippen LogP contribution in [-0.4, -0.2) is 49.0 Å². The third kappa shape index (κ3) is 5.23. The summed E-state index contributed by atoms with van der Waals surface area (Å²) >= 11 is 0. The predicted octanol–water partition coefficient (Wildman–Crippen LogP) is 4.19. The minimum Gasteiger partial charge on any atom is -0.487 e. The van der Waals surface area contributed by atoms with E-state index in [1.54, 1.807) is 36.5 Å². The van der Waals surface area contributed by atoms with Crippen molar-refractivity contribution in [2.75, 3.05) is 37.4 Å². The van der Waals surface area contributed by atoms with Gasteiger partial charge in [0.15, 0.2) is 0 Å². The van der Waals surface area contributed by atoms with E-state index in [1.807, 2.05) is 24.3 Å². The summed E-state index contributed by atoms with van der Waals surface area (Å²) < 4.78 is 20.4. The van der Waals surface area contributed by atoms with Crippen molar-refractivity contribution in [1.82, 2.24) is 9.88 Å². The van der Waals surface area contributed by atoms with Crippen molar-refractivity contribution in [3.8, 4) is 5.75 Å². The maximum atomic E-state index is 14.7. The number of benzene rings is 2. The number of hydrogen-bond acceptors (Lipinski definition) is 5. The third-order valence-corrected chi connectivity index (χ3v) is 5.69. The van der Waals surface area contributed by atoms with Crippen LogP contribution in [0.5, 0.6) is 5.75 Å². The topological polar surface area (TPSA) is 57.7 Å². The standard InChI is InChI=1S/C25H27FN4O2/c1-29(2)21-12-14-30(16-21)20-8-11-24(23(26)15-20)28-25(31)18-6-9-22(10-7-18)32-17-19-5-3-4-13-27-19/h3-11,13,15,21H,12,14,16-17H2,1-2H3,(H,28,31). The van der Waals surface area contributed by atoms with Crippen LogP contribution >= 0.6 is 0 Å². The van der Waals surface area contributed by atoms with Crippen molar-refractivity contribution in [3.63, 3.8) is 0 Å². The Balaban J connectivity index is 1.35. The molecule has 7 heteroatoms. The maximum absolute atomic E-state index is 14.7. The predicted molar refractivity (Wildman–Crippen MR) is 124 cm³/mol. The second-order valence-electron chi connectivity index (χ2n) is 8.10. The molecule has 166 valence electrons. The van der Waals surface area contributed by atoms with Gasteiger partial charge >= 0.3 is 0 Å². The molecule has 1 aliphatic rings. The molecule has 0 aliphatic carbocycles. The average Bonchev–Trinajstić information content (AvgIpc) is 3.31. The molecule has 1 aliphatic heterocycles. The third-order valence-electron chi connectivity index (χ3n) is 5.69. The smallest absolute Gasteiger partial charge is 0.255 e. The molecule has 0 saturated carbocycles. The first kappa shape index (κ1) is 21.8. The van der Waals surface area contributed by atoms with Gasteiger partial charge in [0.25, 0.3) is 5.91 Å². The zero-order valence-corrected chi connectivity index (χ0v) is 18.3. The van der Waals surface area contributed by atoms with Crippen molar-refractivity contribution >= 4 is 17.3 Å². The quantitative estimate of drug-likeness (QED) is 0.604. The van der Waals surface area contributed by atoms with Gasteiger partial charge in [0.05, 0.1) is 11.4 Å². The molecule has 6 nitrogen and oxygen atoms in total. The van der Waals surface area contributed by atoms with Gasteiger partial charge < -0.3 is 19.9 Å². The highest BCUT2D eigenvalue weighted by molar-refractivity contribution is 6.04. The number of anilines is 2. The Hall–Kier alpha value is -3.45. The summed E-state index contributed by atoms with van der Waals surface area (Å²) in [6.07, 6.45) is 2.76. The first-order chi connectivity index (χ1) is 15.5. The summed E-state index contributed by atoms with van der Waals surface area (Å²) in [6, 6.07) is 17.8. The molecular formula is C25H27FN4O2. The van der Waals surface area contributed by atoms with Crippen LogP contribution in [0.1, 0.15) is 22.5 Å². The number of hydrogen-bond donors (Lipinski definition) is 1. The summed E-state index contributed by atoms with van der Waals surface area (Å²) in [5.74, 6) is -0.189. The van der Waals surface area contributed by atoms with Gasteiger partial charge in [-0.3, -0.25) is 9.78 Å². The largest absolute Gasteiger partial charge is 0.487 e. The van der Waals surface area contributed by atoms with E-state index in [2.05, 4.69) is 34.2 Å². The van der Waals surface area contributed by atoms with E-state index in [0.717, 1.165) is 30.9 Å². The molecule has 1 unspecified atom stereocenters. The molecule has 0 spiro atoms. The highest BCUT2D eigenvalue weighted by atomic mass is 19.1. The summed E-state index contributed by atoms with van der Waals surface area (Å²) in [7, 11) is 4.12. The van der Waals surface area contributed by atoms with Crippen molar-refractivity contribution < 1.29 is 13.9 Å². The minimum absolute atomic E-state index is 0.164. The molecule has 1 aromatic heterocycles. The Labute approximate surface area is 187 Å². The molecule has 1 saturated heterocycles. The van der Waals surface area contributed by atoms with Crippen molar-refractivity contribution in [3.05, 3.63) is 83.9 Å². The molecule has 2 heterocycles. The first-order valence-corrected chi connectivity index (χ1v) is 10.6. The van der Waals surface area contributed by atoms with Gasteiger partial charge in [-0.15, -0.1) is 0 Å². The van der Waals surface area contributed by atoms with E-state index in [1.165, 1.54) is 6.07 Å². The number of ether oxygens (including phenoxy) is 1. The zero-order chi connectivity index (χ0) is 22.5. The van der Waals surface area contributed by atoms with Crippen LogP contribution < -0.4 is 15.0 Å². The van der Waals surface area contributed by atoms with E-state index in [4.69, 9.17) is 4.74 Å². The number of likely N-dealkylation sites (N-methyl/N-ethyl adjacent to an activating group) is 1. The van der Waals surface area contributed by atoms with Crippen LogP contribution in [0.2, 0.25) is 0 Å². The Kier molecular flexibility index (Phi) is 6.66. The lowest BCUT2D eigenvalue weighted by Crippen LogP contribution is -2.31. The lowest BCUT2D eigenvalue weighted by atomic mass is 10.2. The van der Waals surface area contributed by atoms with Crippen LogP contribution in [0.15, 0.2) is 66.9 Å². The Morgan fingerprint density at radius 1 is 1.19 bits per heavy atom. The molecule has 1 amide bonds. The fourth-order valence-electron chi connectivity index (χ4n) is 3.74. The van der Waals surface area contributed by atoms with Gasteiger partial charge in [0.2, 0.25) is 0 Å². The fourth-order valence-corrected chi connectivity index (χ4v) is 3.74. The van der Waals surface area contributed by atoms with Gasteiger partial charge in [-0.1, -0.05) is 6.07 Å². The first-order valence-electron chi connectivity index (χ1n) is 10.6. The number of carbonyl (C=O) groups excluding carboxylic acids is 1. The van der Waals surface area contributed by atoms with E-state index < -0.39 is 5.82 Å². The van der Waals surface area contributed by atoms with E-state index >= 15 is 0 Å². The van der Waals surface area contributed by atoms with E-state index in [-0.39, 0.29) is 11.6 Å². The molecule has 3 aromatic rings. The fraction of sp³-hybridized carbons (Fsp3) is 0.280. The van der Waals surface area contributed by atoms with Crippen molar-refractivity contribution in [2.45, 2.75) is 19.1 Å². The number of halogens is 1.